The van der Waals surface area contributed by atoms with E-state index in [0.717, 1.165) is 39.1 Å². The van der Waals surface area contributed by atoms with E-state index in [0.29, 0.717) is 18.7 Å². The Morgan fingerprint density at radius 1 is 0.946 bits per heavy atom. The standard InChI is InChI=1S/C29H37NO6S/c1-9-24(30-35-10-2)28-25(31)15-22(27-20(6)18(4)19(5)21(7)29(27)34-8)16-26(28)36-37(32,33)23-13-11-17(3)12-14-23/h11-14,22H,9-10,15-16H2,1-8H3/b30-24-. The molecule has 0 radical (unpaired) electrons. The zero-order valence-corrected chi connectivity index (χ0v) is 23.8. The van der Waals surface area contributed by atoms with Gasteiger partial charge in [0.1, 0.15) is 23.0 Å². The van der Waals surface area contributed by atoms with Gasteiger partial charge in [-0.3, -0.25) is 4.79 Å². The maximum absolute atomic E-state index is 13.7. The molecule has 8 heteroatoms. The second-order valence-electron chi connectivity index (χ2n) is 9.43. The van der Waals surface area contributed by atoms with Gasteiger partial charge in [-0.2, -0.15) is 8.42 Å². The predicted octanol–water partition coefficient (Wildman–Crippen LogP) is 6.15. The van der Waals surface area contributed by atoms with Crippen molar-refractivity contribution in [3.63, 3.8) is 0 Å². The molecule has 0 heterocycles. The van der Waals surface area contributed by atoms with Crippen molar-refractivity contribution in [2.75, 3.05) is 13.7 Å². The van der Waals surface area contributed by atoms with Gasteiger partial charge in [-0.05, 0) is 82.3 Å². The number of carbonyl (C=O) groups excluding carboxylic acids is 1. The second-order valence-corrected chi connectivity index (χ2v) is 11.0. The molecule has 7 nitrogen and oxygen atoms in total. The van der Waals surface area contributed by atoms with E-state index in [1.54, 1.807) is 26.2 Å². The van der Waals surface area contributed by atoms with Gasteiger partial charge in [0.05, 0.1) is 18.4 Å². The lowest BCUT2D eigenvalue weighted by atomic mass is 9.77. The van der Waals surface area contributed by atoms with E-state index in [1.807, 2.05) is 27.7 Å². The molecular formula is C29H37NO6S. The number of hydrogen-bond donors (Lipinski definition) is 0. The summed E-state index contributed by atoms with van der Waals surface area (Å²) in [6.45, 7) is 14.0. The molecule has 0 fully saturated rings. The molecule has 1 unspecified atom stereocenters. The molecule has 0 aliphatic heterocycles. The summed E-state index contributed by atoms with van der Waals surface area (Å²) in [4.78, 5) is 18.9. The average molecular weight is 528 g/mol. The van der Waals surface area contributed by atoms with Crippen molar-refractivity contribution in [3.05, 3.63) is 69.0 Å². The van der Waals surface area contributed by atoms with Crippen molar-refractivity contribution in [2.45, 2.75) is 78.5 Å². The summed E-state index contributed by atoms with van der Waals surface area (Å²) >= 11 is 0. The first kappa shape index (κ1) is 28.4. The number of allylic oxidation sites excluding steroid dienone is 2. The van der Waals surface area contributed by atoms with E-state index < -0.39 is 10.1 Å². The summed E-state index contributed by atoms with van der Waals surface area (Å²) in [6, 6.07) is 6.42. The highest BCUT2D eigenvalue weighted by Crippen LogP contribution is 2.45. The third-order valence-corrected chi connectivity index (χ3v) is 8.43. The molecule has 1 atom stereocenters. The van der Waals surface area contributed by atoms with Crippen LogP contribution in [0, 0.1) is 34.6 Å². The lowest BCUT2D eigenvalue weighted by molar-refractivity contribution is -0.116. The summed E-state index contributed by atoms with van der Waals surface area (Å²) in [5.41, 5.74) is 6.68. The number of ether oxygens (including phenoxy) is 1. The zero-order valence-electron chi connectivity index (χ0n) is 23.0. The summed E-state index contributed by atoms with van der Waals surface area (Å²) < 4.78 is 38.2. The molecule has 0 aromatic heterocycles. The van der Waals surface area contributed by atoms with Crippen molar-refractivity contribution in [3.8, 4) is 5.75 Å². The van der Waals surface area contributed by atoms with Crippen molar-refractivity contribution in [1.29, 1.82) is 0 Å². The monoisotopic (exact) mass is 527 g/mol. The first-order valence-corrected chi connectivity index (χ1v) is 14.0. The van der Waals surface area contributed by atoms with Crippen LogP contribution in [0.25, 0.3) is 0 Å². The molecule has 3 rings (SSSR count). The smallest absolute Gasteiger partial charge is 0.338 e. The Morgan fingerprint density at radius 3 is 2.14 bits per heavy atom. The molecule has 2 aromatic carbocycles. The molecule has 37 heavy (non-hydrogen) atoms. The number of Topliss-reactive ketones (excluding diaryl/α,β-unsaturated/α-hetero) is 1. The lowest BCUT2D eigenvalue weighted by Crippen LogP contribution is -2.27. The number of nitrogens with zero attached hydrogens (tertiary/aromatic N) is 1. The molecule has 0 saturated carbocycles. The highest BCUT2D eigenvalue weighted by molar-refractivity contribution is 7.86. The van der Waals surface area contributed by atoms with E-state index in [1.165, 1.54) is 12.1 Å². The SMILES string of the molecule is CCO/N=C(/CC)C1=C(OS(=O)(=O)c2ccc(C)cc2)CC(c2c(C)c(C)c(C)c(C)c2OC)CC1=O. The topological polar surface area (TPSA) is 91.3 Å². The Kier molecular flexibility index (Phi) is 8.84. The number of hydrogen-bond acceptors (Lipinski definition) is 7. The minimum atomic E-state index is -4.19. The fourth-order valence-electron chi connectivity index (χ4n) is 4.86. The minimum absolute atomic E-state index is 0.0232. The Balaban J connectivity index is 2.20. The molecule has 0 bridgehead atoms. The van der Waals surface area contributed by atoms with Crippen LogP contribution in [0.5, 0.6) is 5.75 Å². The summed E-state index contributed by atoms with van der Waals surface area (Å²) in [6.07, 6.45) is 0.766. The van der Waals surface area contributed by atoms with E-state index in [4.69, 9.17) is 13.8 Å². The number of carbonyl (C=O) groups is 1. The van der Waals surface area contributed by atoms with Crippen LogP contribution < -0.4 is 4.74 Å². The van der Waals surface area contributed by atoms with Crippen LogP contribution in [-0.4, -0.2) is 33.6 Å². The number of ketones is 1. The zero-order chi connectivity index (χ0) is 27.5. The minimum Gasteiger partial charge on any atom is -0.496 e. The van der Waals surface area contributed by atoms with Crippen LogP contribution in [0.4, 0.5) is 0 Å². The fourth-order valence-corrected chi connectivity index (χ4v) is 5.84. The third-order valence-electron chi connectivity index (χ3n) is 7.16. The summed E-state index contributed by atoms with van der Waals surface area (Å²) in [5.74, 6) is 0.251. The van der Waals surface area contributed by atoms with Crippen molar-refractivity contribution in [2.24, 2.45) is 5.16 Å². The normalized spacial score (nSPS) is 16.7. The van der Waals surface area contributed by atoms with Crippen LogP contribution >= 0.6 is 0 Å². The van der Waals surface area contributed by atoms with E-state index in [2.05, 4.69) is 19.0 Å². The number of methoxy groups -OCH3 is 1. The van der Waals surface area contributed by atoms with Gasteiger partial charge in [0, 0.05) is 24.3 Å². The fraction of sp³-hybridized carbons (Fsp3) is 0.448. The molecule has 2 aromatic rings. The number of benzene rings is 2. The highest BCUT2D eigenvalue weighted by Gasteiger charge is 2.37. The van der Waals surface area contributed by atoms with Gasteiger partial charge in [0.2, 0.25) is 0 Å². The van der Waals surface area contributed by atoms with Gasteiger partial charge < -0.3 is 13.8 Å². The van der Waals surface area contributed by atoms with Gasteiger partial charge in [0.25, 0.3) is 0 Å². The van der Waals surface area contributed by atoms with Crippen LogP contribution in [0.2, 0.25) is 0 Å². The van der Waals surface area contributed by atoms with Crippen LogP contribution in [-0.2, 0) is 23.9 Å². The quantitative estimate of drug-likeness (QED) is 0.221. The maximum Gasteiger partial charge on any atom is 0.338 e. The Morgan fingerprint density at radius 2 is 1.57 bits per heavy atom. The molecule has 0 N–H and O–H groups in total. The van der Waals surface area contributed by atoms with Gasteiger partial charge in [-0.15, -0.1) is 0 Å². The second kappa shape index (κ2) is 11.5. The van der Waals surface area contributed by atoms with Crippen LogP contribution in [0.3, 0.4) is 0 Å². The first-order chi connectivity index (χ1) is 17.5. The van der Waals surface area contributed by atoms with Gasteiger partial charge >= 0.3 is 10.1 Å². The van der Waals surface area contributed by atoms with E-state index >= 15 is 0 Å². The Bertz CT molecular complexity index is 1350. The molecule has 0 spiro atoms. The molecule has 0 amide bonds. The highest BCUT2D eigenvalue weighted by atomic mass is 32.2. The number of aryl methyl sites for hydroxylation is 1. The lowest BCUT2D eigenvalue weighted by Gasteiger charge is -2.30. The van der Waals surface area contributed by atoms with Crippen molar-refractivity contribution < 1.29 is 27.0 Å². The first-order valence-electron chi connectivity index (χ1n) is 12.6. The van der Waals surface area contributed by atoms with Gasteiger partial charge in [0.15, 0.2) is 5.78 Å². The van der Waals surface area contributed by atoms with E-state index in [-0.39, 0.29) is 40.8 Å². The summed E-state index contributed by atoms with van der Waals surface area (Å²) in [7, 11) is -2.57. The molecule has 1 aliphatic carbocycles. The Hall–Kier alpha value is -3.13. The van der Waals surface area contributed by atoms with Crippen LogP contribution in [0.1, 0.15) is 72.4 Å². The predicted molar refractivity (Wildman–Crippen MR) is 145 cm³/mol. The van der Waals surface area contributed by atoms with E-state index in [9.17, 15) is 13.2 Å². The average Bonchev–Trinajstić information content (AvgIpc) is 2.86. The number of oxime groups is 1. The molecule has 0 saturated heterocycles. The van der Waals surface area contributed by atoms with Crippen LogP contribution in [0.15, 0.2) is 45.6 Å². The largest absolute Gasteiger partial charge is 0.496 e. The maximum atomic E-state index is 13.7. The number of rotatable bonds is 9. The summed E-state index contributed by atoms with van der Waals surface area (Å²) in [5, 5.41) is 4.13. The van der Waals surface area contributed by atoms with Crippen molar-refractivity contribution >= 4 is 21.6 Å². The van der Waals surface area contributed by atoms with Gasteiger partial charge in [-0.25, -0.2) is 0 Å². The van der Waals surface area contributed by atoms with Crippen molar-refractivity contribution in [1.82, 2.24) is 0 Å². The molecular weight excluding hydrogens is 490 g/mol. The third kappa shape index (κ3) is 5.74. The Labute approximate surface area is 220 Å². The van der Waals surface area contributed by atoms with Gasteiger partial charge in [-0.1, -0.05) is 29.8 Å². The molecule has 200 valence electrons. The molecule has 1 aliphatic rings.